The van der Waals surface area contributed by atoms with Crippen LogP contribution in [0.2, 0.25) is 0 Å². The highest BCUT2D eigenvalue weighted by Crippen LogP contribution is 2.11. The molecule has 1 N–H and O–H groups in total. The minimum atomic E-state index is 0.307. The van der Waals surface area contributed by atoms with Crippen LogP contribution < -0.4 is 5.32 Å². The lowest BCUT2D eigenvalue weighted by Crippen LogP contribution is -2.59. The van der Waals surface area contributed by atoms with E-state index in [1.165, 1.54) is 0 Å². The molecular formula is C8H18N2. The molecule has 1 aliphatic heterocycles. The molecule has 10 heavy (non-hydrogen) atoms. The van der Waals surface area contributed by atoms with Crippen LogP contribution in [0.4, 0.5) is 0 Å². The van der Waals surface area contributed by atoms with Gasteiger partial charge in [-0.2, -0.15) is 0 Å². The monoisotopic (exact) mass is 142 g/mol. The van der Waals surface area contributed by atoms with Crippen molar-refractivity contribution in [2.24, 2.45) is 0 Å². The Balaban J connectivity index is 2.49. The third kappa shape index (κ3) is 1.70. The molecule has 1 fully saturated rings. The van der Waals surface area contributed by atoms with Gasteiger partial charge in [0.2, 0.25) is 0 Å². The van der Waals surface area contributed by atoms with Gasteiger partial charge >= 0.3 is 0 Å². The minimum absolute atomic E-state index is 0.307. The van der Waals surface area contributed by atoms with Crippen molar-refractivity contribution in [3.05, 3.63) is 0 Å². The van der Waals surface area contributed by atoms with Crippen LogP contribution in [0, 0.1) is 0 Å². The van der Waals surface area contributed by atoms with Crippen LogP contribution in [0.15, 0.2) is 0 Å². The van der Waals surface area contributed by atoms with E-state index in [-0.39, 0.29) is 0 Å². The Bertz CT molecular complexity index is 120. The normalized spacial score (nSPS) is 34.2. The number of rotatable bonds is 0. The smallest absolute Gasteiger partial charge is 0.0252 e. The maximum Gasteiger partial charge on any atom is 0.0252 e. The predicted molar refractivity (Wildman–Crippen MR) is 44.2 cm³/mol. The molecule has 0 spiro atoms. The maximum absolute atomic E-state index is 3.50. The highest BCUT2D eigenvalue weighted by Gasteiger charge is 2.27. The van der Waals surface area contributed by atoms with Gasteiger partial charge in [0.15, 0.2) is 0 Å². The molecule has 1 unspecified atom stereocenters. The molecule has 1 saturated heterocycles. The van der Waals surface area contributed by atoms with E-state index >= 15 is 0 Å². The van der Waals surface area contributed by atoms with Gasteiger partial charge in [0.25, 0.3) is 0 Å². The van der Waals surface area contributed by atoms with Crippen LogP contribution in [0.25, 0.3) is 0 Å². The summed E-state index contributed by atoms with van der Waals surface area (Å²) < 4.78 is 0. The predicted octanol–water partition coefficient (Wildman–Crippen LogP) is 0.689. The molecule has 2 heteroatoms. The summed E-state index contributed by atoms with van der Waals surface area (Å²) in [6, 6.07) is 0.688. The summed E-state index contributed by atoms with van der Waals surface area (Å²) in [5, 5.41) is 3.50. The molecule has 0 radical (unpaired) electrons. The minimum Gasteiger partial charge on any atom is -0.309 e. The van der Waals surface area contributed by atoms with Gasteiger partial charge in [0.05, 0.1) is 0 Å². The first-order chi connectivity index (χ1) is 4.51. The lowest BCUT2D eigenvalue weighted by atomic mass is 10.0. The molecule has 0 amide bonds. The SMILES string of the molecule is CC1CNC(C)(C)CN1C. The average molecular weight is 142 g/mol. The van der Waals surface area contributed by atoms with Crippen molar-refractivity contribution >= 4 is 0 Å². The van der Waals surface area contributed by atoms with Crippen LogP contribution in [0.5, 0.6) is 0 Å². The topological polar surface area (TPSA) is 15.3 Å². The highest BCUT2D eigenvalue weighted by molar-refractivity contribution is 4.88. The Morgan fingerprint density at radius 3 is 2.50 bits per heavy atom. The molecule has 1 atom stereocenters. The number of nitrogens with zero attached hydrogens (tertiary/aromatic N) is 1. The molecular weight excluding hydrogens is 124 g/mol. The van der Waals surface area contributed by atoms with Gasteiger partial charge in [-0.05, 0) is 27.8 Å². The van der Waals surface area contributed by atoms with E-state index in [0.717, 1.165) is 13.1 Å². The number of piperazine rings is 1. The fourth-order valence-corrected chi connectivity index (χ4v) is 1.42. The largest absolute Gasteiger partial charge is 0.309 e. The molecule has 2 nitrogen and oxygen atoms in total. The Morgan fingerprint density at radius 1 is 1.50 bits per heavy atom. The Kier molecular flexibility index (Phi) is 2.02. The van der Waals surface area contributed by atoms with Crippen LogP contribution in [0.1, 0.15) is 20.8 Å². The first kappa shape index (κ1) is 8.02. The Labute approximate surface area is 63.6 Å². The third-order valence-corrected chi connectivity index (χ3v) is 2.27. The van der Waals surface area contributed by atoms with E-state index in [1.54, 1.807) is 0 Å². The molecule has 1 rings (SSSR count). The van der Waals surface area contributed by atoms with E-state index in [0.29, 0.717) is 11.6 Å². The van der Waals surface area contributed by atoms with Crippen molar-refractivity contribution in [3.63, 3.8) is 0 Å². The van der Waals surface area contributed by atoms with Gasteiger partial charge in [-0.25, -0.2) is 0 Å². The summed E-state index contributed by atoms with van der Waals surface area (Å²) in [5.41, 5.74) is 0.307. The van der Waals surface area contributed by atoms with E-state index in [1.807, 2.05) is 0 Å². The van der Waals surface area contributed by atoms with E-state index < -0.39 is 0 Å². The molecule has 0 aliphatic carbocycles. The van der Waals surface area contributed by atoms with Crippen molar-refractivity contribution < 1.29 is 0 Å². The first-order valence-corrected chi connectivity index (χ1v) is 3.96. The first-order valence-electron chi connectivity index (χ1n) is 3.96. The summed E-state index contributed by atoms with van der Waals surface area (Å²) in [4.78, 5) is 2.40. The van der Waals surface area contributed by atoms with Crippen molar-refractivity contribution in [2.75, 3.05) is 20.1 Å². The third-order valence-electron chi connectivity index (χ3n) is 2.27. The molecule has 1 heterocycles. The average Bonchev–Trinajstić information content (AvgIpc) is 1.79. The summed E-state index contributed by atoms with van der Waals surface area (Å²) >= 11 is 0. The maximum atomic E-state index is 3.50. The van der Waals surface area contributed by atoms with Crippen molar-refractivity contribution in [1.29, 1.82) is 0 Å². The zero-order valence-corrected chi connectivity index (χ0v) is 7.44. The standard InChI is InChI=1S/C8H18N2/c1-7-5-9-8(2,3)6-10(7)4/h7,9H,5-6H2,1-4H3. The summed E-state index contributed by atoms with van der Waals surface area (Å²) in [6.45, 7) is 9.00. The quantitative estimate of drug-likeness (QED) is 0.535. The van der Waals surface area contributed by atoms with E-state index in [4.69, 9.17) is 0 Å². The number of nitrogens with one attached hydrogen (secondary N) is 1. The zero-order valence-electron chi connectivity index (χ0n) is 7.44. The van der Waals surface area contributed by atoms with Crippen LogP contribution in [-0.2, 0) is 0 Å². The van der Waals surface area contributed by atoms with Crippen LogP contribution in [-0.4, -0.2) is 36.6 Å². The lowest BCUT2D eigenvalue weighted by molar-refractivity contribution is 0.133. The Hall–Kier alpha value is -0.0800. The molecule has 60 valence electrons. The second-order valence-corrected chi connectivity index (χ2v) is 4.03. The Morgan fingerprint density at radius 2 is 2.10 bits per heavy atom. The fourth-order valence-electron chi connectivity index (χ4n) is 1.42. The van der Waals surface area contributed by atoms with Gasteiger partial charge < -0.3 is 10.2 Å². The molecule has 0 aromatic carbocycles. The van der Waals surface area contributed by atoms with Gasteiger partial charge in [-0.15, -0.1) is 0 Å². The van der Waals surface area contributed by atoms with Crippen molar-refractivity contribution in [2.45, 2.75) is 32.4 Å². The summed E-state index contributed by atoms with van der Waals surface area (Å²) in [6.07, 6.45) is 0. The van der Waals surface area contributed by atoms with Gasteiger partial charge in [-0.1, -0.05) is 0 Å². The molecule has 0 aromatic rings. The molecule has 0 bridgehead atoms. The van der Waals surface area contributed by atoms with E-state index in [2.05, 4.69) is 38.0 Å². The van der Waals surface area contributed by atoms with Crippen LogP contribution >= 0.6 is 0 Å². The van der Waals surface area contributed by atoms with Gasteiger partial charge in [0.1, 0.15) is 0 Å². The molecule has 1 aliphatic rings. The van der Waals surface area contributed by atoms with Gasteiger partial charge in [0, 0.05) is 24.7 Å². The summed E-state index contributed by atoms with van der Waals surface area (Å²) in [5.74, 6) is 0. The zero-order chi connectivity index (χ0) is 7.78. The number of hydrogen-bond acceptors (Lipinski definition) is 2. The second-order valence-electron chi connectivity index (χ2n) is 4.03. The molecule has 0 aromatic heterocycles. The van der Waals surface area contributed by atoms with Crippen molar-refractivity contribution in [1.82, 2.24) is 10.2 Å². The lowest BCUT2D eigenvalue weighted by Gasteiger charge is -2.41. The summed E-state index contributed by atoms with van der Waals surface area (Å²) in [7, 11) is 2.19. The second kappa shape index (κ2) is 2.51. The van der Waals surface area contributed by atoms with E-state index in [9.17, 15) is 0 Å². The number of likely N-dealkylation sites (N-methyl/N-ethyl adjacent to an activating group) is 1. The van der Waals surface area contributed by atoms with Crippen molar-refractivity contribution in [3.8, 4) is 0 Å². The van der Waals surface area contributed by atoms with Crippen LogP contribution in [0.3, 0.4) is 0 Å². The van der Waals surface area contributed by atoms with Gasteiger partial charge in [-0.3, -0.25) is 0 Å². The number of hydrogen-bond donors (Lipinski definition) is 1. The molecule has 0 saturated carbocycles. The fraction of sp³-hybridized carbons (Fsp3) is 1.00. The highest BCUT2D eigenvalue weighted by atomic mass is 15.2.